The number of nitrogens with two attached hydrogens (primary N) is 1. The summed E-state index contributed by atoms with van der Waals surface area (Å²) in [5.41, 5.74) is 8.18. The van der Waals surface area contributed by atoms with Crippen molar-refractivity contribution >= 4 is 23.5 Å². The van der Waals surface area contributed by atoms with Crippen molar-refractivity contribution in [2.45, 2.75) is 13.8 Å². The fourth-order valence-corrected chi connectivity index (χ4v) is 2.78. The van der Waals surface area contributed by atoms with Crippen LogP contribution in [0.2, 0.25) is 0 Å². The van der Waals surface area contributed by atoms with Gasteiger partial charge in [0.25, 0.3) is 5.91 Å². The molecular weight excluding hydrogens is 372 g/mol. The molecule has 0 unspecified atom stereocenters. The van der Waals surface area contributed by atoms with Gasteiger partial charge in [-0.3, -0.25) is 9.59 Å². The Morgan fingerprint density at radius 3 is 2.45 bits per heavy atom. The van der Waals surface area contributed by atoms with Crippen molar-refractivity contribution in [2.24, 2.45) is 5.73 Å². The Hall–Kier alpha value is -3.94. The number of rotatable bonds is 6. The smallest absolute Gasteiger partial charge is 0.341 e. The topological polar surface area (TPSA) is 116 Å². The maximum absolute atomic E-state index is 12.5. The highest BCUT2D eigenvalue weighted by Gasteiger charge is 2.16. The molecule has 3 rings (SSSR count). The van der Waals surface area contributed by atoms with Gasteiger partial charge in [-0.15, -0.1) is 0 Å². The van der Waals surface area contributed by atoms with E-state index in [1.165, 1.54) is 30.5 Å². The fraction of sp³-hybridized carbons (Fsp3) is 0.143. The first-order valence-corrected chi connectivity index (χ1v) is 8.94. The van der Waals surface area contributed by atoms with Gasteiger partial charge in [0, 0.05) is 16.8 Å². The maximum Gasteiger partial charge on any atom is 0.341 e. The van der Waals surface area contributed by atoms with Crippen LogP contribution in [-0.2, 0) is 4.74 Å². The summed E-state index contributed by atoms with van der Waals surface area (Å²) >= 11 is 0. The largest absolute Gasteiger partial charge is 0.462 e. The number of anilines is 1. The van der Waals surface area contributed by atoms with E-state index in [0.717, 1.165) is 0 Å². The van der Waals surface area contributed by atoms with Crippen molar-refractivity contribution in [1.29, 1.82) is 0 Å². The van der Waals surface area contributed by atoms with E-state index in [-0.39, 0.29) is 12.5 Å². The summed E-state index contributed by atoms with van der Waals surface area (Å²) < 4.78 is 6.63. The zero-order chi connectivity index (χ0) is 21.0. The number of amides is 2. The molecular formula is C21H20N4O4. The van der Waals surface area contributed by atoms with Crippen LogP contribution in [0.5, 0.6) is 0 Å². The number of ether oxygens (including phenoxy) is 1. The number of benzene rings is 2. The van der Waals surface area contributed by atoms with Crippen molar-refractivity contribution < 1.29 is 19.1 Å². The molecule has 0 aliphatic carbocycles. The number of nitrogens with one attached hydrogen (secondary N) is 1. The zero-order valence-electron chi connectivity index (χ0n) is 16.0. The van der Waals surface area contributed by atoms with E-state index < -0.39 is 11.9 Å². The Bertz CT molecular complexity index is 1070. The van der Waals surface area contributed by atoms with Crippen LogP contribution in [0, 0.1) is 6.92 Å². The highest BCUT2D eigenvalue weighted by Crippen LogP contribution is 2.19. The van der Waals surface area contributed by atoms with Crippen LogP contribution in [-0.4, -0.2) is 34.2 Å². The third-order valence-corrected chi connectivity index (χ3v) is 4.29. The SMILES string of the molecule is CCOC(=O)c1cnn(-c2cccc(NC(=O)c3ccc(C(N)=O)cc3)c2)c1C. The molecule has 2 aromatic carbocycles. The maximum atomic E-state index is 12.5. The Kier molecular flexibility index (Phi) is 5.73. The van der Waals surface area contributed by atoms with Crippen molar-refractivity contribution in [1.82, 2.24) is 9.78 Å². The van der Waals surface area contributed by atoms with Crippen molar-refractivity contribution in [3.8, 4) is 5.69 Å². The van der Waals surface area contributed by atoms with Gasteiger partial charge >= 0.3 is 5.97 Å². The predicted octanol–water partition coefficient (Wildman–Crippen LogP) is 2.71. The average Bonchev–Trinajstić information content (AvgIpc) is 3.10. The molecule has 8 nitrogen and oxygen atoms in total. The van der Waals surface area contributed by atoms with Gasteiger partial charge in [0.15, 0.2) is 0 Å². The summed E-state index contributed by atoms with van der Waals surface area (Å²) in [6.45, 7) is 3.79. The van der Waals surface area contributed by atoms with Gasteiger partial charge in [-0.25, -0.2) is 9.48 Å². The second-order valence-corrected chi connectivity index (χ2v) is 6.22. The van der Waals surface area contributed by atoms with Crippen LogP contribution in [0.15, 0.2) is 54.7 Å². The lowest BCUT2D eigenvalue weighted by atomic mass is 10.1. The summed E-state index contributed by atoms with van der Waals surface area (Å²) in [4.78, 5) is 35.6. The number of esters is 1. The van der Waals surface area contributed by atoms with E-state index in [0.29, 0.717) is 33.8 Å². The Labute approximate surface area is 167 Å². The molecule has 0 aliphatic rings. The summed E-state index contributed by atoms with van der Waals surface area (Å²) in [5.74, 6) is -1.32. The quantitative estimate of drug-likeness (QED) is 0.626. The molecule has 0 atom stereocenters. The van der Waals surface area contributed by atoms with Gasteiger partial charge in [-0.2, -0.15) is 5.10 Å². The van der Waals surface area contributed by atoms with E-state index in [1.54, 1.807) is 36.7 Å². The average molecular weight is 392 g/mol. The number of aromatic nitrogens is 2. The molecule has 2 amide bonds. The summed E-state index contributed by atoms with van der Waals surface area (Å²) in [6, 6.07) is 13.1. The first-order chi connectivity index (χ1) is 13.9. The van der Waals surface area contributed by atoms with Gasteiger partial charge in [0.1, 0.15) is 5.56 Å². The summed E-state index contributed by atoms with van der Waals surface area (Å²) in [7, 11) is 0. The number of primary amides is 1. The molecule has 0 fully saturated rings. The van der Waals surface area contributed by atoms with Crippen LogP contribution in [0.3, 0.4) is 0 Å². The van der Waals surface area contributed by atoms with Crippen LogP contribution >= 0.6 is 0 Å². The van der Waals surface area contributed by atoms with Crippen molar-refractivity contribution in [3.05, 3.63) is 77.1 Å². The van der Waals surface area contributed by atoms with Crippen molar-refractivity contribution in [2.75, 3.05) is 11.9 Å². The first kappa shape index (κ1) is 19.8. The first-order valence-electron chi connectivity index (χ1n) is 8.94. The second kappa shape index (κ2) is 8.39. The molecule has 3 N–H and O–H groups in total. The molecule has 29 heavy (non-hydrogen) atoms. The lowest BCUT2D eigenvalue weighted by Crippen LogP contribution is -2.14. The number of carbonyl (C=O) groups excluding carboxylic acids is 3. The fourth-order valence-electron chi connectivity index (χ4n) is 2.78. The van der Waals surface area contributed by atoms with Gasteiger partial charge in [0.2, 0.25) is 5.91 Å². The van der Waals surface area contributed by atoms with Crippen molar-refractivity contribution in [3.63, 3.8) is 0 Å². The monoisotopic (exact) mass is 392 g/mol. The number of carbonyl (C=O) groups is 3. The highest BCUT2D eigenvalue weighted by molar-refractivity contribution is 6.05. The number of hydrogen-bond acceptors (Lipinski definition) is 5. The summed E-state index contributed by atoms with van der Waals surface area (Å²) in [6.07, 6.45) is 1.46. The standard InChI is InChI=1S/C21H20N4O4/c1-3-29-21(28)18-12-23-25(13(18)2)17-6-4-5-16(11-17)24-20(27)15-9-7-14(8-10-15)19(22)26/h4-12H,3H2,1-2H3,(H2,22,26)(H,24,27). The van der Waals surface area contributed by atoms with E-state index >= 15 is 0 Å². The van der Waals surface area contributed by atoms with Gasteiger partial charge in [0.05, 0.1) is 24.2 Å². The minimum atomic E-state index is -0.554. The normalized spacial score (nSPS) is 10.4. The molecule has 1 aromatic heterocycles. The van der Waals surface area contributed by atoms with Crippen LogP contribution < -0.4 is 11.1 Å². The third-order valence-electron chi connectivity index (χ3n) is 4.29. The summed E-state index contributed by atoms with van der Waals surface area (Å²) in [5, 5.41) is 7.05. The number of hydrogen-bond donors (Lipinski definition) is 2. The van der Waals surface area contributed by atoms with E-state index in [4.69, 9.17) is 10.5 Å². The minimum Gasteiger partial charge on any atom is -0.462 e. The predicted molar refractivity (Wildman–Crippen MR) is 107 cm³/mol. The van der Waals surface area contributed by atoms with E-state index in [2.05, 4.69) is 10.4 Å². The Morgan fingerprint density at radius 2 is 1.79 bits per heavy atom. The molecule has 0 bridgehead atoms. The van der Waals surface area contributed by atoms with Gasteiger partial charge in [-0.1, -0.05) is 6.07 Å². The molecule has 8 heteroatoms. The molecule has 1 heterocycles. The van der Waals surface area contributed by atoms with E-state index in [9.17, 15) is 14.4 Å². The number of nitrogens with zero attached hydrogens (tertiary/aromatic N) is 2. The lowest BCUT2D eigenvalue weighted by molar-refractivity contribution is 0.0525. The Morgan fingerprint density at radius 1 is 1.10 bits per heavy atom. The van der Waals surface area contributed by atoms with Crippen LogP contribution in [0.4, 0.5) is 5.69 Å². The second-order valence-electron chi connectivity index (χ2n) is 6.22. The third kappa shape index (κ3) is 4.32. The van der Waals surface area contributed by atoms with Crippen LogP contribution in [0.1, 0.15) is 43.7 Å². The van der Waals surface area contributed by atoms with Gasteiger partial charge < -0.3 is 15.8 Å². The minimum absolute atomic E-state index is 0.283. The zero-order valence-corrected chi connectivity index (χ0v) is 16.0. The van der Waals surface area contributed by atoms with Crippen LogP contribution in [0.25, 0.3) is 5.69 Å². The molecule has 0 aliphatic heterocycles. The van der Waals surface area contributed by atoms with E-state index in [1.807, 2.05) is 6.07 Å². The highest BCUT2D eigenvalue weighted by atomic mass is 16.5. The van der Waals surface area contributed by atoms with Gasteiger partial charge in [-0.05, 0) is 56.3 Å². The lowest BCUT2D eigenvalue weighted by Gasteiger charge is -2.09. The molecule has 0 saturated carbocycles. The molecule has 3 aromatic rings. The Balaban J connectivity index is 1.80. The molecule has 148 valence electrons. The molecule has 0 radical (unpaired) electrons. The molecule has 0 saturated heterocycles. The molecule has 0 spiro atoms.